The van der Waals surface area contributed by atoms with Crippen LogP contribution < -0.4 is 5.73 Å². The van der Waals surface area contributed by atoms with Gasteiger partial charge in [0, 0.05) is 11.9 Å². The van der Waals surface area contributed by atoms with E-state index >= 15 is 0 Å². The highest BCUT2D eigenvalue weighted by Crippen LogP contribution is 2.23. The Hall–Kier alpha value is -1.32. The molecule has 0 unspecified atom stereocenters. The number of nitrogens with zero attached hydrogens (tertiary/aromatic N) is 1. The summed E-state index contributed by atoms with van der Waals surface area (Å²) >= 11 is 0. The fourth-order valence-electron chi connectivity index (χ4n) is 1.74. The summed E-state index contributed by atoms with van der Waals surface area (Å²) in [5.74, 6) is 0.982. The highest BCUT2D eigenvalue weighted by Gasteiger charge is 2.07. The van der Waals surface area contributed by atoms with Crippen LogP contribution in [0, 0.1) is 0 Å². The maximum Gasteiger partial charge on any atom is 0.134 e. The molecule has 0 saturated carbocycles. The van der Waals surface area contributed by atoms with E-state index in [0.29, 0.717) is 6.54 Å². The molecule has 1 heterocycles. The number of nitrogens with two attached hydrogens (primary N) is 1. The Kier molecular flexibility index (Phi) is 2.75. The monoisotopic (exact) mass is 204 g/mol. The average molecular weight is 204 g/mol. The molecule has 3 heteroatoms. The Morgan fingerprint density at radius 3 is 2.80 bits per heavy atom. The van der Waals surface area contributed by atoms with E-state index in [1.54, 1.807) is 0 Å². The lowest BCUT2D eigenvalue weighted by atomic mass is 10.1. The molecule has 0 aliphatic rings. The van der Waals surface area contributed by atoms with Crippen molar-refractivity contribution < 1.29 is 4.42 Å². The molecule has 15 heavy (non-hydrogen) atoms. The van der Waals surface area contributed by atoms with Gasteiger partial charge in [-0.3, -0.25) is 0 Å². The summed E-state index contributed by atoms with van der Waals surface area (Å²) in [6.07, 6.45) is 0. The lowest BCUT2D eigenvalue weighted by molar-refractivity contribution is 0.358. The number of furan rings is 1. The predicted molar refractivity (Wildman–Crippen MR) is 61.5 cm³/mol. The van der Waals surface area contributed by atoms with Gasteiger partial charge >= 0.3 is 0 Å². The van der Waals surface area contributed by atoms with Gasteiger partial charge in [-0.2, -0.15) is 0 Å². The van der Waals surface area contributed by atoms with Crippen LogP contribution in [-0.4, -0.2) is 19.0 Å². The van der Waals surface area contributed by atoms with Gasteiger partial charge in [0.05, 0.1) is 6.54 Å². The van der Waals surface area contributed by atoms with E-state index < -0.39 is 0 Å². The van der Waals surface area contributed by atoms with Crippen LogP contribution in [0.3, 0.4) is 0 Å². The van der Waals surface area contributed by atoms with E-state index in [9.17, 15) is 0 Å². The van der Waals surface area contributed by atoms with E-state index in [-0.39, 0.29) is 0 Å². The fraction of sp³-hybridized carbons (Fsp3) is 0.333. The molecular weight excluding hydrogens is 188 g/mol. The summed E-state index contributed by atoms with van der Waals surface area (Å²) in [5.41, 5.74) is 7.74. The van der Waals surface area contributed by atoms with Gasteiger partial charge in [0.15, 0.2) is 0 Å². The first kappa shape index (κ1) is 10.2. The normalized spacial score (nSPS) is 11.5. The van der Waals surface area contributed by atoms with Gasteiger partial charge in [0.1, 0.15) is 11.3 Å². The third-order valence-corrected chi connectivity index (χ3v) is 2.39. The zero-order valence-electron chi connectivity index (χ0n) is 9.16. The van der Waals surface area contributed by atoms with Crippen LogP contribution in [0.2, 0.25) is 0 Å². The Morgan fingerprint density at radius 1 is 1.33 bits per heavy atom. The van der Waals surface area contributed by atoms with Crippen LogP contribution in [0.15, 0.2) is 28.7 Å². The van der Waals surface area contributed by atoms with Crippen LogP contribution >= 0.6 is 0 Å². The van der Waals surface area contributed by atoms with Crippen molar-refractivity contribution in [2.75, 3.05) is 14.1 Å². The Labute approximate surface area is 89.5 Å². The minimum atomic E-state index is 0.554. The van der Waals surface area contributed by atoms with Crippen molar-refractivity contribution in [2.24, 2.45) is 5.73 Å². The van der Waals surface area contributed by atoms with Gasteiger partial charge in [-0.05, 0) is 31.8 Å². The number of benzene rings is 1. The minimum absolute atomic E-state index is 0.554. The van der Waals surface area contributed by atoms with Crippen molar-refractivity contribution in [3.8, 4) is 0 Å². The van der Waals surface area contributed by atoms with Crippen LogP contribution in [0.5, 0.6) is 0 Å². The molecule has 0 fully saturated rings. The van der Waals surface area contributed by atoms with Crippen LogP contribution in [0.4, 0.5) is 0 Å². The van der Waals surface area contributed by atoms with Crippen molar-refractivity contribution in [3.63, 3.8) is 0 Å². The zero-order chi connectivity index (χ0) is 10.8. The van der Waals surface area contributed by atoms with Gasteiger partial charge in [-0.15, -0.1) is 0 Å². The number of rotatable bonds is 3. The van der Waals surface area contributed by atoms with Gasteiger partial charge in [-0.1, -0.05) is 12.1 Å². The summed E-state index contributed by atoms with van der Waals surface area (Å²) < 4.78 is 5.72. The summed E-state index contributed by atoms with van der Waals surface area (Å²) in [4.78, 5) is 2.08. The van der Waals surface area contributed by atoms with Crippen molar-refractivity contribution in [3.05, 3.63) is 35.6 Å². The summed E-state index contributed by atoms with van der Waals surface area (Å²) in [6, 6.07) is 8.08. The molecule has 0 amide bonds. The molecule has 1 aromatic heterocycles. The van der Waals surface area contributed by atoms with Crippen LogP contribution in [0.1, 0.15) is 11.3 Å². The van der Waals surface area contributed by atoms with E-state index in [4.69, 9.17) is 10.2 Å². The minimum Gasteiger partial charge on any atom is -0.460 e. The number of fused-ring (bicyclic) bond motifs is 1. The number of hydrogen-bond acceptors (Lipinski definition) is 3. The largest absolute Gasteiger partial charge is 0.460 e. The van der Waals surface area contributed by atoms with Crippen molar-refractivity contribution in [1.29, 1.82) is 0 Å². The van der Waals surface area contributed by atoms with E-state index in [0.717, 1.165) is 28.8 Å². The zero-order valence-corrected chi connectivity index (χ0v) is 9.16. The molecule has 80 valence electrons. The van der Waals surface area contributed by atoms with Gasteiger partial charge in [-0.25, -0.2) is 0 Å². The quantitative estimate of drug-likeness (QED) is 0.831. The molecule has 0 aliphatic carbocycles. The van der Waals surface area contributed by atoms with Gasteiger partial charge in [0.25, 0.3) is 0 Å². The predicted octanol–water partition coefficient (Wildman–Crippen LogP) is 1.95. The molecule has 0 saturated heterocycles. The van der Waals surface area contributed by atoms with Crippen LogP contribution in [0.25, 0.3) is 11.0 Å². The van der Waals surface area contributed by atoms with Gasteiger partial charge in [0.2, 0.25) is 0 Å². The first-order valence-electron chi connectivity index (χ1n) is 5.06. The molecule has 0 bridgehead atoms. The van der Waals surface area contributed by atoms with E-state index in [1.165, 1.54) is 0 Å². The molecule has 0 radical (unpaired) electrons. The fourth-order valence-corrected chi connectivity index (χ4v) is 1.74. The second-order valence-electron chi connectivity index (χ2n) is 3.98. The second-order valence-corrected chi connectivity index (χ2v) is 3.98. The molecule has 0 spiro atoms. The molecule has 0 aliphatic heterocycles. The highest BCUT2D eigenvalue weighted by atomic mass is 16.3. The Balaban J connectivity index is 2.45. The molecule has 0 atom stereocenters. The Morgan fingerprint density at radius 2 is 2.13 bits per heavy atom. The van der Waals surface area contributed by atoms with E-state index in [2.05, 4.69) is 11.0 Å². The maximum absolute atomic E-state index is 5.72. The third-order valence-electron chi connectivity index (χ3n) is 2.39. The second kappa shape index (κ2) is 4.04. The lowest BCUT2D eigenvalue weighted by Gasteiger charge is -2.04. The molecule has 2 aromatic rings. The first-order chi connectivity index (χ1) is 7.20. The topological polar surface area (TPSA) is 42.4 Å². The van der Waals surface area contributed by atoms with Crippen molar-refractivity contribution >= 4 is 11.0 Å². The maximum atomic E-state index is 5.72. The summed E-state index contributed by atoms with van der Waals surface area (Å²) in [7, 11) is 4.05. The van der Waals surface area contributed by atoms with E-state index in [1.807, 2.05) is 32.3 Å². The van der Waals surface area contributed by atoms with Gasteiger partial charge < -0.3 is 15.1 Å². The molecule has 2 rings (SSSR count). The summed E-state index contributed by atoms with van der Waals surface area (Å²) in [6.45, 7) is 1.37. The Bertz CT molecular complexity index is 460. The standard InChI is InChI=1S/C12H16N2O/c1-14(2)8-10-6-11-9(7-13)4-3-5-12(11)15-10/h3-6H,7-8,13H2,1-2H3. The third kappa shape index (κ3) is 2.03. The lowest BCUT2D eigenvalue weighted by Crippen LogP contribution is -2.09. The highest BCUT2D eigenvalue weighted by molar-refractivity contribution is 5.81. The van der Waals surface area contributed by atoms with Crippen molar-refractivity contribution in [1.82, 2.24) is 4.90 Å². The molecular formula is C12H16N2O. The van der Waals surface area contributed by atoms with Crippen LogP contribution in [-0.2, 0) is 13.1 Å². The smallest absolute Gasteiger partial charge is 0.134 e. The first-order valence-corrected chi connectivity index (χ1v) is 5.06. The summed E-state index contributed by atoms with van der Waals surface area (Å²) in [5, 5.41) is 1.14. The van der Waals surface area contributed by atoms with Crippen molar-refractivity contribution in [2.45, 2.75) is 13.1 Å². The number of hydrogen-bond donors (Lipinski definition) is 1. The SMILES string of the molecule is CN(C)Cc1cc2c(CN)cccc2o1. The molecule has 2 N–H and O–H groups in total. The molecule has 3 nitrogen and oxygen atoms in total. The molecule has 1 aromatic carbocycles. The average Bonchev–Trinajstić information content (AvgIpc) is 2.58.